The third-order valence-electron chi connectivity index (χ3n) is 2.22. The van der Waals surface area contributed by atoms with Crippen LogP contribution in [0.5, 0.6) is 0 Å². The summed E-state index contributed by atoms with van der Waals surface area (Å²) in [7, 11) is 0. The molecule has 0 radical (unpaired) electrons. The number of benzene rings is 1. The molecule has 0 fully saturated rings. The Morgan fingerprint density at radius 1 is 1.18 bits per heavy atom. The van der Waals surface area contributed by atoms with Gasteiger partial charge in [0.15, 0.2) is 4.05 Å². The van der Waals surface area contributed by atoms with Crippen LogP contribution in [0, 0.1) is 0 Å². The van der Waals surface area contributed by atoms with Crippen LogP contribution in [0.15, 0.2) is 30.3 Å². The topological polar surface area (TPSA) is 58.2 Å². The Hall–Kier alpha value is -1.11. The van der Waals surface area contributed by atoms with E-state index in [4.69, 9.17) is 0 Å². The van der Waals surface area contributed by atoms with Crippen LogP contribution in [0.2, 0.25) is 0 Å². The molecule has 2 N–H and O–H groups in total. The molecule has 0 saturated carbocycles. The van der Waals surface area contributed by atoms with Crippen molar-refractivity contribution in [2.75, 3.05) is 0 Å². The van der Waals surface area contributed by atoms with E-state index < -0.39 is 4.05 Å². The standard InChI is InChI=1S/C12H15IN2O2/c1-8(10-6-4-3-5-7-10)14-12(17)11(13)15-9(2)16/h3-8,11H,1-2H3,(H,14,17)(H,15,16). The van der Waals surface area contributed by atoms with E-state index in [9.17, 15) is 9.59 Å². The van der Waals surface area contributed by atoms with Gasteiger partial charge in [0.25, 0.3) is 5.91 Å². The molecule has 0 spiro atoms. The highest BCUT2D eigenvalue weighted by Gasteiger charge is 2.17. The molecule has 2 amide bonds. The van der Waals surface area contributed by atoms with E-state index in [0.29, 0.717) is 0 Å². The van der Waals surface area contributed by atoms with Gasteiger partial charge >= 0.3 is 0 Å². The summed E-state index contributed by atoms with van der Waals surface area (Å²) in [5.74, 6) is -0.413. The predicted molar refractivity (Wildman–Crippen MR) is 74.6 cm³/mol. The third kappa shape index (κ3) is 4.72. The summed E-state index contributed by atoms with van der Waals surface area (Å²) in [6.45, 7) is 3.30. The van der Waals surface area contributed by atoms with Crippen LogP contribution < -0.4 is 10.6 Å². The molecule has 0 aliphatic carbocycles. The maximum atomic E-state index is 11.7. The summed E-state index contributed by atoms with van der Waals surface area (Å²) in [5, 5.41) is 5.38. The van der Waals surface area contributed by atoms with Crippen molar-refractivity contribution in [3.05, 3.63) is 35.9 Å². The molecule has 1 aromatic rings. The third-order valence-corrected chi connectivity index (χ3v) is 3.10. The number of nitrogens with one attached hydrogen (secondary N) is 2. The largest absolute Gasteiger partial charge is 0.347 e. The summed E-state index contributed by atoms with van der Waals surface area (Å²) in [5.41, 5.74) is 1.03. The number of halogens is 1. The summed E-state index contributed by atoms with van der Waals surface area (Å²) >= 11 is 1.89. The smallest absolute Gasteiger partial charge is 0.253 e. The fourth-order valence-electron chi connectivity index (χ4n) is 1.36. The van der Waals surface area contributed by atoms with Crippen molar-refractivity contribution in [2.45, 2.75) is 23.9 Å². The monoisotopic (exact) mass is 346 g/mol. The van der Waals surface area contributed by atoms with Crippen LogP contribution in [0.4, 0.5) is 0 Å². The van der Waals surface area contributed by atoms with Crippen LogP contribution in [0.3, 0.4) is 0 Å². The van der Waals surface area contributed by atoms with Gasteiger partial charge in [-0.2, -0.15) is 0 Å². The molecule has 17 heavy (non-hydrogen) atoms. The van der Waals surface area contributed by atoms with Crippen LogP contribution in [0.1, 0.15) is 25.5 Å². The first-order valence-electron chi connectivity index (χ1n) is 5.27. The first kappa shape index (κ1) is 14.0. The van der Waals surface area contributed by atoms with E-state index in [1.165, 1.54) is 6.92 Å². The van der Waals surface area contributed by atoms with Crippen LogP contribution >= 0.6 is 22.6 Å². The lowest BCUT2D eigenvalue weighted by atomic mass is 10.1. The summed E-state index contributed by atoms with van der Waals surface area (Å²) in [6, 6.07) is 9.60. The predicted octanol–water partition coefficient (Wildman–Crippen LogP) is 1.76. The minimum absolute atomic E-state index is 0.0743. The Kier molecular flexibility index (Phi) is 5.40. The SMILES string of the molecule is CC(=O)NC(I)C(=O)NC(C)c1ccccc1. The van der Waals surface area contributed by atoms with Crippen molar-refractivity contribution in [1.29, 1.82) is 0 Å². The van der Waals surface area contributed by atoms with E-state index in [1.54, 1.807) is 0 Å². The molecule has 1 rings (SSSR count). The van der Waals surface area contributed by atoms with Gasteiger partial charge < -0.3 is 10.6 Å². The molecule has 0 saturated heterocycles. The molecule has 2 unspecified atom stereocenters. The zero-order chi connectivity index (χ0) is 12.8. The molecule has 92 valence electrons. The molecule has 0 aliphatic heterocycles. The molecular weight excluding hydrogens is 331 g/mol. The highest BCUT2D eigenvalue weighted by atomic mass is 127. The van der Waals surface area contributed by atoms with Crippen molar-refractivity contribution in [3.63, 3.8) is 0 Å². The molecule has 0 bridgehead atoms. The first-order chi connectivity index (χ1) is 8.00. The van der Waals surface area contributed by atoms with Gasteiger partial charge in [0, 0.05) is 6.92 Å². The lowest BCUT2D eigenvalue weighted by molar-refractivity contribution is -0.125. The Morgan fingerprint density at radius 3 is 2.29 bits per heavy atom. The van der Waals surface area contributed by atoms with Gasteiger partial charge in [0.1, 0.15) is 0 Å². The van der Waals surface area contributed by atoms with Gasteiger partial charge in [0.05, 0.1) is 6.04 Å². The average Bonchev–Trinajstić information content (AvgIpc) is 2.29. The highest BCUT2D eigenvalue weighted by Crippen LogP contribution is 2.11. The minimum Gasteiger partial charge on any atom is -0.347 e. The zero-order valence-corrected chi connectivity index (χ0v) is 11.9. The summed E-state index contributed by atoms with van der Waals surface area (Å²) < 4.78 is -0.545. The van der Waals surface area contributed by atoms with E-state index in [1.807, 2.05) is 59.8 Å². The maximum Gasteiger partial charge on any atom is 0.253 e. The molecule has 0 heterocycles. The van der Waals surface area contributed by atoms with Crippen molar-refractivity contribution in [2.24, 2.45) is 0 Å². The lowest BCUT2D eigenvalue weighted by Crippen LogP contribution is -2.42. The molecular formula is C12H15IN2O2. The number of hydrogen-bond donors (Lipinski definition) is 2. The lowest BCUT2D eigenvalue weighted by Gasteiger charge is -2.17. The second-order valence-corrected chi connectivity index (χ2v) is 4.95. The van der Waals surface area contributed by atoms with E-state index in [2.05, 4.69) is 10.6 Å². The van der Waals surface area contributed by atoms with E-state index >= 15 is 0 Å². The first-order valence-corrected chi connectivity index (χ1v) is 6.51. The molecule has 2 atom stereocenters. The Morgan fingerprint density at radius 2 is 1.76 bits per heavy atom. The summed E-state index contributed by atoms with van der Waals surface area (Å²) in [4.78, 5) is 22.5. The normalized spacial score (nSPS) is 13.6. The number of amides is 2. The van der Waals surface area contributed by atoms with Gasteiger partial charge in [0.2, 0.25) is 5.91 Å². The number of hydrogen-bond acceptors (Lipinski definition) is 2. The van der Waals surface area contributed by atoms with Crippen molar-refractivity contribution in [1.82, 2.24) is 10.6 Å². The molecule has 4 nitrogen and oxygen atoms in total. The number of alkyl halides is 1. The molecule has 1 aromatic carbocycles. The second kappa shape index (κ2) is 6.58. The fourth-order valence-corrected chi connectivity index (χ4v) is 1.97. The number of rotatable bonds is 4. The van der Waals surface area contributed by atoms with Crippen LogP contribution in [-0.4, -0.2) is 15.9 Å². The molecule has 0 aliphatic rings. The van der Waals surface area contributed by atoms with E-state index in [0.717, 1.165) is 5.56 Å². The number of carbonyl (C=O) groups is 2. The van der Waals surface area contributed by atoms with E-state index in [-0.39, 0.29) is 17.9 Å². The Bertz CT molecular complexity index is 395. The van der Waals surface area contributed by atoms with Gasteiger partial charge in [-0.05, 0) is 35.1 Å². The fraction of sp³-hybridized carbons (Fsp3) is 0.333. The van der Waals surface area contributed by atoms with Crippen LogP contribution in [0.25, 0.3) is 0 Å². The maximum absolute atomic E-state index is 11.7. The highest BCUT2D eigenvalue weighted by molar-refractivity contribution is 14.1. The average molecular weight is 346 g/mol. The van der Waals surface area contributed by atoms with Crippen molar-refractivity contribution < 1.29 is 9.59 Å². The van der Waals surface area contributed by atoms with Gasteiger partial charge in [-0.3, -0.25) is 9.59 Å². The summed E-state index contributed by atoms with van der Waals surface area (Å²) in [6.07, 6.45) is 0. The molecule has 0 aromatic heterocycles. The molecule has 5 heteroatoms. The van der Waals surface area contributed by atoms with Gasteiger partial charge in [-0.1, -0.05) is 30.3 Å². The van der Waals surface area contributed by atoms with Gasteiger partial charge in [-0.15, -0.1) is 0 Å². The number of carbonyl (C=O) groups excluding carboxylic acids is 2. The minimum atomic E-state index is -0.545. The van der Waals surface area contributed by atoms with Gasteiger partial charge in [-0.25, -0.2) is 0 Å². The quantitative estimate of drug-likeness (QED) is 0.496. The Balaban J connectivity index is 2.54. The Labute approximate surface area is 114 Å². The van der Waals surface area contributed by atoms with Crippen molar-refractivity contribution >= 4 is 34.4 Å². The second-order valence-electron chi connectivity index (χ2n) is 3.70. The zero-order valence-electron chi connectivity index (χ0n) is 9.74. The van der Waals surface area contributed by atoms with Crippen LogP contribution in [-0.2, 0) is 9.59 Å². The van der Waals surface area contributed by atoms with Crippen molar-refractivity contribution in [3.8, 4) is 0 Å².